The lowest BCUT2D eigenvalue weighted by Crippen LogP contribution is -2.33. The molecule has 1 N–H and O–H groups in total. The van der Waals surface area contributed by atoms with E-state index in [1.54, 1.807) is 43.5 Å². The minimum absolute atomic E-state index is 0.167. The Morgan fingerprint density at radius 1 is 1.16 bits per heavy atom. The monoisotopic (exact) mass is 439 g/mol. The molecule has 2 aromatic carbocycles. The standard InChI is InChI=1S/C23H25N3O4S/c1-23-12-11-22(30-23)20-14-26(15-21(20)23)17-5-9-19(10-6-17)31(27,28)25-24-13-16-3-7-18(29-2)8-4-16/h3-13,20-22,25H,14-15H2,1-2H3/b24-13+/t20-,21+,22?,23?/m0/s1. The van der Waals surface area contributed by atoms with Gasteiger partial charge in [0.25, 0.3) is 10.0 Å². The molecule has 162 valence electrons. The van der Waals surface area contributed by atoms with E-state index in [0.29, 0.717) is 11.8 Å². The number of hydrogen-bond acceptors (Lipinski definition) is 6. The summed E-state index contributed by atoms with van der Waals surface area (Å²) in [6.45, 7) is 4.00. The van der Waals surface area contributed by atoms with Gasteiger partial charge < -0.3 is 14.4 Å². The van der Waals surface area contributed by atoms with Gasteiger partial charge in [0.15, 0.2) is 0 Å². The number of hydrazone groups is 1. The fourth-order valence-corrected chi connectivity index (χ4v) is 5.62. The normalized spacial score (nSPS) is 29.0. The number of hydrogen-bond donors (Lipinski definition) is 1. The largest absolute Gasteiger partial charge is 0.497 e. The van der Waals surface area contributed by atoms with Gasteiger partial charge in [-0.2, -0.15) is 13.5 Å². The molecule has 0 spiro atoms. The molecular formula is C23H25N3O4S. The van der Waals surface area contributed by atoms with E-state index < -0.39 is 10.0 Å². The summed E-state index contributed by atoms with van der Waals surface area (Å²) in [7, 11) is -2.15. The predicted molar refractivity (Wildman–Crippen MR) is 119 cm³/mol. The fourth-order valence-electron chi connectivity index (χ4n) is 4.83. The highest BCUT2D eigenvalue weighted by molar-refractivity contribution is 7.89. The molecule has 2 unspecified atom stereocenters. The number of fused-ring (bicyclic) bond motifs is 5. The van der Waals surface area contributed by atoms with E-state index in [-0.39, 0.29) is 16.6 Å². The van der Waals surface area contributed by atoms with E-state index in [2.05, 4.69) is 33.9 Å². The Labute approximate surface area is 182 Å². The summed E-state index contributed by atoms with van der Waals surface area (Å²) < 4.78 is 36.4. The zero-order valence-corrected chi connectivity index (χ0v) is 18.2. The second-order valence-corrected chi connectivity index (χ2v) is 10.1. The number of rotatable bonds is 6. The van der Waals surface area contributed by atoms with Crippen molar-refractivity contribution in [2.45, 2.75) is 23.5 Å². The van der Waals surface area contributed by atoms with Crippen LogP contribution >= 0.6 is 0 Å². The van der Waals surface area contributed by atoms with Gasteiger partial charge in [-0.25, -0.2) is 4.83 Å². The molecule has 3 heterocycles. The molecule has 7 nitrogen and oxygen atoms in total. The maximum absolute atomic E-state index is 12.6. The second-order valence-electron chi connectivity index (χ2n) is 8.42. The molecule has 2 fully saturated rings. The van der Waals surface area contributed by atoms with Crippen LogP contribution in [0.25, 0.3) is 0 Å². The van der Waals surface area contributed by atoms with Gasteiger partial charge in [-0.05, 0) is 61.0 Å². The van der Waals surface area contributed by atoms with E-state index in [0.717, 1.165) is 30.1 Å². The van der Waals surface area contributed by atoms with E-state index in [4.69, 9.17) is 9.47 Å². The van der Waals surface area contributed by atoms with Crippen molar-refractivity contribution in [3.63, 3.8) is 0 Å². The van der Waals surface area contributed by atoms with Gasteiger partial charge >= 0.3 is 0 Å². The van der Waals surface area contributed by atoms with E-state index in [1.165, 1.54) is 6.21 Å². The zero-order valence-electron chi connectivity index (χ0n) is 17.4. The van der Waals surface area contributed by atoms with Crippen molar-refractivity contribution in [1.29, 1.82) is 0 Å². The third-order valence-electron chi connectivity index (χ3n) is 6.54. The van der Waals surface area contributed by atoms with Crippen molar-refractivity contribution in [2.24, 2.45) is 16.9 Å². The molecule has 3 aliphatic heterocycles. The topological polar surface area (TPSA) is 80.2 Å². The average Bonchev–Trinajstić information content (AvgIpc) is 3.45. The third-order valence-corrected chi connectivity index (χ3v) is 7.78. The fraction of sp³-hybridized carbons (Fsp3) is 0.348. The van der Waals surface area contributed by atoms with Gasteiger partial charge in [-0.15, -0.1) is 0 Å². The number of nitrogens with zero attached hydrogens (tertiary/aromatic N) is 2. The molecule has 0 aliphatic carbocycles. The Morgan fingerprint density at radius 2 is 1.90 bits per heavy atom. The van der Waals surface area contributed by atoms with Gasteiger partial charge in [0.1, 0.15) is 5.75 Å². The summed E-state index contributed by atoms with van der Waals surface area (Å²) in [6, 6.07) is 14.1. The first-order valence-corrected chi connectivity index (χ1v) is 11.8. The summed E-state index contributed by atoms with van der Waals surface area (Å²) in [5.74, 6) is 1.69. The van der Waals surface area contributed by atoms with Crippen LogP contribution in [0.2, 0.25) is 0 Å². The minimum atomic E-state index is -3.74. The minimum Gasteiger partial charge on any atom is -0.497 e. The predicted octanol–water partition coefficient (Wildman–Crippen LogP) is 2.79. The second kappa shape index (κ2) is 7.39. The summed E-state index contributed by atoms with van der Waals surface area (Å²) in [5.41, 5.74) is 1.62. The van der Waals surface area contributed by atoms with Crippen molar-refractivity contribution in [1.82, 2.24) is 4.83 Å². The molecule has 8 heteroatoms. The molecule has 4 atom stereocenters. The van der Waals surface area contributed by atoms with Gasteiger partial charge in [0.05, 0.1) is 29.9 Å². The molecule has 2 saturated heterocycles. The molecule has 3 aliphatic rings. The van der Waals surface area contributed by atoms with Crippen molar-refractivity contribution in [2.75, 3.05) is 25.1 Å². The highest BCUT2D eigenvalue weighted by Gasteiger charge is 2.57. The Balaban J connectivity index is 1.24. The smallest absolute Gasteiger partial charge is 0.276 e. The lowest BCUT2D eigenvalue weighted by atomic mass is 9.79. The number of sulfonamides is 1. The van der Waals surface area contributed by atoms with Crippen LogP contribution in [-0.2, 0) is 14.8 Å². The van der Waals surface area contributed by atoms with Crippen LogP contribution in [0.5, 0.6) is 5.75 Å². The van der Waals surface area contributed by atoms with Crippen LogP contribution in [0.4, 0.5) is 5.69 Å². The molecule has 2 aromatic rings. The first-order chi connectivity index (χ1) is 14.9. The highest BCUT2D eigenvalue weighted by atomic mass is 32.2. The van der Waals surface area contributed by atoms with Crippen LogP contribution in [0, 0.1) is 11.8 Å². The van der Waals surface area contributed by atoms with E-state index in [9.17, 15) is 8.42 Å². The molecule has 0 radical (unpaired) electrons. The lowest BCUT2D eigenvalue weighted by Gasteiger charge is -2.26. The molecule has 0 amide bonds. The molecule has 31 heavy (non-hydrogen) atoms. The maximum atomic E-state index is 12.6. The van der Waals surface area contributed by atoms with Gasteiger partial charge in [0.2, 0.25) is 0 Å². The molecule has 0 saturated carbocycles. The summed E-state index contributed by atoms with van der Waals surface area (Å²) in [4.78, 5) is 4.77. The number of nitrogens with one attached hydrogen (secondary N) is 1. The lowest BCUT2D eigenvalue weighted by molar-refractivity contribution is 0.0256. The Morgan fingerprint density at radius 3 is 2.58 bits per heavy atom. The number of ether oxygens (including phenoxy) is 2. The van der Waals surface area contributed by atoms with Crippen molar-refractivity contribution in [3.8, 4) is 5.75 Å². The van der Waals surface area contributed by atoms with Crippen LogP contribution in [0.1, 0.15) is 12.5 Å². The van der Waals surface area contributed by atoms with Crippen LogP contribution in [0.3, 0.4) is 0 Å². The first-order valence-electron chi connectivity index (χ1n) is 10.3. The average molecular weight is 440 g/mol. The summed E-state index contributed by atoms with van der Waals surface area (Å²) in [5, 5.41) is 3.88. The van der Waals surface area contributed by atoms with Crippen LogP contribution in [0.15, 0.2) is 70.7 Å². The van der Waals surface area contributed by atoms with Gasteiger partial charge in [-0.1, -0.05) is 12.2 Å². The van der Waals surface area contributed by atoms with Crippen molar-refractivity contribution >= 4 is 21.9 Å². The maximum Gasteiger partial charge on any atom is 0.276 e. The quantitative estimate of drug-likeness (QED) is 0.425. The number of benzene rings is 2. The van der Waals surface area contributed by atoms with Crippen molar-refractivity contribution in [3.05, 3.63) is 66.2 Å². The summed E-state index contributed by atoms with van der Waals surface area (Å²) in [6.07, 6.45) is 6.03. The van der Waals surface area contributed by atoms with Crippen LogP contribution < -0.4 is 14.5 Å². The van der Waals surface area contributed by atoms with E-state index >= 15 is 0 Å². The first kappa shape index (κ1) is 20.1. The van der Waals surface area contributed by atoms with Crippen molar-refractivity contribution < 1.29 is 17.9 Å². The SMILES string of the molecule is COc1ccc(/C=N/NS(=O)(=O)c2ccc(N3C[C@@H]4C5C=CC(C)(O5)[C@@H]4C3)cc2)cc1. The molecule has 5 rings (SSSR count). The number of anilines is 1. The molecular weight excluding hydrogens is 414 g/mol. The highest BCUT2D eigenvalue weighted by Crippen LogP contribution is 2.50. The Hall–Kier alpha value is -2.84. The molecule has 2 bridgehead atoms. The van der Waals surface area contributed by atoms with Gasteiger partial charge in [0, 0.05) is 30.6 Å². The third kappa shape index (κ3) is 3.59. The van der Waals surface area contributed by atoms with Gasteiger partial charge in [-0.3, -0.25) is 0 Å². The van der Waals surface area contributed by atoms with Crippen LogP contribution in [-0.4, -0.2) is 46.5 Å². The molecule has 0 aromatic heterocycles. The summed E-state index contributed by atoms with van der Waals surface area (Å²) >= 11 is 0. The number of methoxy groups -OCH3 is 1. The zero-order chi connectivity index (χ0) is 21.6. The van der Waals surface area contributed by atoms with E-state index in [1.807, 2.05) is 12.1 Å². The Kier molecular flexibility index (Phi) is 4.79. The Bertz CT molecular complexity index is 1130.